The lowest BCUT2D eigenvalue weighted by atomic mass is 9.99. The molecule has 2 unspecified atom stereocenters. The maximum absolute atomic E-state index is 12.9. The first-order valence-corrected chi connectivity index (χ1v) is 10.3. The first-order valence-electron chi connectivity index (χ1n) is 9.30. The van der Waals surface area contributed by atoms with Gasteiger partial charge in [0.05, 0.1) is 11.3 Å². The lowest BCUT2D eigenvalue weighted by molar-refractivity contribution is 0.0921. The van der Waals surface area contributed by atoms with E-state index in [0.29, 0.717) is 12.1 Å². The Kier molecular flexibility index (Phi) is 6.50. The fraction of sp³-hybridized carbons (Fsp3) is 0.500. The predicted octanol–water partition coefficient (Wildman–Crippen LogP) is 4.02. The van der Waals surface area contributed by atoms with Crippen LogP contribution in [0.2, 0.25) is 0 Å². The minimum Gasteiger partial charge on any atom is -0.361 e. The van der Waals surface area contributed by atoms with Crippen LogP contribution in [0.1, 0.15) is 53.1 Å². The third-order valence-electron chi connectivity index (χ3n) is 5.49. The van der Waals surface area contributed by atoms with Gasteiger partial charge in [-0.25, -0.2) is 0 Å². The van der Waals surface area contributed by atoms with Gasteiger partial charge < -0.3 is 15.2 Å². The Bertz CT molecular complexity index is 779. The summed E-state index contributed by atoms with van der Waals surface area (Å²) in [5.41, 5.74) is 2.79. The molecule has 7 heteroatoms. The Morgan fingerprint density at radius 1 is 1.26 bits per heavy atom. The molecule has 0 aliphatic carbocycles. The lowest BCUT2D eigenvalue weighted by Crippen LogP contribution is -2.48. The SMILES string of the molecule is Cc1noc(C)c1CSc1ccccc1C(=O)NC1CC2CCC(C1)N2.Cl. The van der Waals surface area contributed by atoms with E-state index in [0.717, 1.165) is 46.1 Å². The molecule has 2 N–H and O–H groups in total. The van der Waals surface area contributed by atoms with Gasteiger partial charge in [0.1, 0.15) is 5.76 Å². The second-order valence-corrected chi connectivity index (χ2v) is 8.38. The predicted molar refractivity (Wildman–Crippen MR) is 110 cm³/mol. The summed E-state index contributed by atoms with van der Waals surface area (Å²) in [5.74, 6) is 1.64. The first kappa shape index (κ1) is 20.2. The zero-order valence-corrected chi connectivity index (χ0v) is 17.3. The summed E-state index contributed by atoms with van der Waals surface area (Å²) in [6.45, 7) is 3.89. The second kappa shape index (κ2) is 8.67. The van der Waals surface area contributed by atoms with Gasteiger partial charge in [0.2, 0.25) is 0 Å². The molecule has 2 aliphatic rings. The highest BCUT2D eigenvalue weighted by molar-refractivity contribution is 7.98. The van der Waals surface area contributed by atoms with Gasteiger partial charge in [-0.15, -0.1) is 24.2 Å². The summed E-state index contributed by atoms with van der Waals surface area (Å²) in [6.07, 6.45) is 4.55. The molecule has 0 saturated carbocycles. The number of amides is 1. The third-order valence-corrected chi connectivity index (χ3v) is 6.59. The number of aromatic nitrogens is 1. The highest BCUT2D eigenvalue weighted by Crippen LogP contribution is 2.30. The number of benzene rings is 1. The van der Waals surface area contributed by atoms with Crippen molar-refractivity contribution in [2.24, 2.45) is 0 Å². The van der Waals surface area contributed by atoms with Crippen molar-refractivity contribution in [3.8, 4) is 0 Å². The van der Waals surface area contributed by atoms with Gasteiger partial charge in [-0.1, -0.05) is 17.3 Å². The van der Waals surface area contributed by atoms with E-state index in [2.05, 4.69) is 15.8 Å². The number of piperidine rings is 1. The van der Waals surface area contributed by atoms with Crippen LogP contribution in [0.25, 0.3) is 0 Å². The van der Waals surface area contributed by atoms with Crippen LogP contribution in [-0.4, -0.2) is 29.2 Å². The van der Waals surface area contributed by atoms with Crippen molar-refractivity contribution in [3.63, 3.8) is 0 Å². The molecule has 2 fully saturated rings. The van der Waals surface area contributed by atoms with Crippen LogP contribution in [0, 0.1) is 13.8 Å². The third kappa shape index (κ3) is 4.50. The van der Waals surface area contributed by atoms with Crippen LogP contribution in [0.4, 0.5) is 0 Å². The molecule has 1 aromatic carbocycles. The molecular weight excluding hydrogens is 382 g/mol. The van der Waals surface area contributed by atoms with E-state index < -0.39 is 0 Å². The van der Waals surface area contributed by atoms with Gasteiger partial charge in [0, 0.05) is 34.3 Å². The number of hydrogen-bond acceptors (Lipinski definition) is 5. The van der Waals surface area contributed by atoms with Gasteiger partial charge in [-0.05, 0) is 51.7 Å². The van der Waals surface area contributed by atoms with Gasteiger partial charge in [-0.2, -0.15) is 0 Å². The molecule has 2 saturated heterocycles. The molecule has 2 aliphatic heterocycles. The van der Waals surface area contributed by atoms with E-state index in [9.17, 15) is 4.79 Å². The standard InChI is InChI=1S/C20H25N3O2S.ClH/c1-12-18(13(2)25-23-12)11-26-19-6-4-3-5-17(19)20(24)22-16-9-14-7-8-15(10-16)21-14;/h3-6,14-16,21H,7-11H2,1-2H3,(H,22,24);1H. The number of fused-ring (bicyclic) bond motifs is 2. The number of carbonyl (C=O) groups excluding carboxylic acids is 1. The van der Waals surface area contributed by atoms with Crippen LogP contribution in [0.15, 0.2) is 33.7 Å². The van der Waals surface area contributed by atoms with Crippen molar-refractivity contribution in [1.82, 2.24) is 15.8 Å². The monoisotopic (exact) mass is 407 g/mol. The Morgan fingerprint density at radius 3 is 2.63 bits per heavy atom. The summed E-state index contributed by atoms with van der Waals surface area (Å²) in [4.78, 5) is 13.9. The van der Waals surface area contributed by atoms with E-state index in [1.807, 2.05) is 38.1 Å². The van der Waals surface area contributed by atoms with Crippen LogP contribution in [0.3, 0.4) is 0 Å². The van der Waals surface area contributed by atoms with Crippen molar-refractivity contribution in [2.45, 2.75) is 68.3 Å². The van der Waals surface area contributed by atoms with Crippen molar-refractivity contribution < 1.29 is 9.32 Å². The Labute approximate surface area is 170 Å². The number of carbonyl (C=O) groups is 1. The fourth-order valence-electron chi connectivity index (χ4n) is 4.08. The maximum Gasteiger partial charge on any atom is 0.252 e. The molecular formula is C20H26ClN3O2S. The zero-order chi connectivity index (χ0) is 18.1. The Balaban J connectivity index is 0.00000210. The minimum atomic E-state index is 0. The van der Waals surface area contributed by atoms with E-state index in [-0.39, 0.29) is 24.4 Å². The highest BCUT2D eigenvalue weighted by Gasteiger charge is 2.34. The number of rotatable bonds is 5. The van der Waals surface area contributed by atoms with Gasteiger partial charge in [-0.3, -0.25) is 4.79 Å². The number of halogens is 1. The van der Waals surface area contributed by atoms with Crippen LogP contribution in [0.5, 0.6) is 0 Å². The number of nitrogens with one attached hydrogen (secondary N) is 2. The van der Waals surface area contributed by atoms with Gasteiger partial charge >= 0.3 is 0 Å². The number of nitrogens with zero attached hydrogens (tertiary/aromatic N) is 1. The average Bonchev–Trinajstić information content (AvgIpc) is 3.14. The Morgan fingerprint density at radius 2 is 1.96 bits per heavy atom. The quantitative estimate of drug-likeness (QED) is 0.733. The molecule has 2 aromatic rings. The highest BCUT2D eigenvalue weighted by atomic mass is 35.5. The molecule has 4 rings (SSSR count). The molecule has 2 bridgehead atoms. The van der Waals surface area contributed by atoms with Crippen molar-refractivity contribution in [3.05, 3.63) is 46.8 Å². The molecule has 1 amide bonds. The Hall–Kier alpha value is -1.50. The molecule has 1 aromatic heterocycles. The van der Waals surface area contributed by atoms with E-state index in [1.54, 1.807) is 11.8 Å². The van der Waals surface area contributed by atoms with Crippen LogP contribution < -0.4 is 10.6 Å². The molecule has 0 spiro atoms. The van der Waals surface area contributed by atoms with Gasteiger partial charge in [0.15, 0.2) is 0 Å². The number of aryl methyl sites for hydroxylation is 2. The molecule has 2 atom stereocenters. The molecule has 3 heterocycles. The maximum atomic E-state index is 12.9. The van der Waals surface area contributed by atoms with E-state index in [1.165, 1.54) is 12.8 Å². The minimum absolute atomic E-state index is 0. The number of thioether (sulfide) groups is 1. The zero-order valence-electron chi connectivity index (χ0n) is 15.7. The lowest BCUT2D eigenvalue weighted by Gasteiger charge is -2.29. The van der Waals surface area contributed by atoms with Crippen molar-refractivity contribution in [1.29, 1.82) is 0 Å². The van der Waals surface area contributed by atoms with Crippen molar-refractivity contribution in [2.75, 3.05) is 0 Å². The molecule has 0 radical (unpaired) electrons. The molecule has 27 heavy (non-hydrogen) atoms. The van der Waals surface area contributed by atoms with Crippen LogP contribution in [-0.2, 0) is 5.75 Å². The largest absolute Gasteiger partial charge is 0.361 e. The van der Waals surface area contributed by atoms with E-state index in [4.69, 9.17) is 4.52 Å². The topological polar surface area (TPSA) is 67.2 Å². The molecule has 5 nitrogen and oxygen atoms in total. The second-order valence-electron chi connectivity index (χ2n) is 7.37. The number of hydrogen-bond donors (Lipinski definition) is 2. The molecule has 146 valence electrons. The van der Waals surface area contributed by atoms with E-state index >= 15 is 0 Å². The fourth-order valence-corrected chi connectivity index (χ4v) is 5.28. The first-order chi connectivity index (χ1) is 12.6. The average molecular weight is 408 g/mol. The van der Waals surface area contributed by atoms with Gasteiger partial charge in [0.25, 0.3) is 5.91 Å². The smallest absolute Gasteiger partial charge is 0.252 e. The summed E-state index contributed by atoms with van der Waals surface area (Å²) in [7, 11) is 0. The summed E-state index contributed by atoms with van der Waals surface area (Å²) >= 11 is 1.66. The normalized spacial score (nSPS) is 23.7. The summed E-state index contributed by atoms with van der Waals surface area (Å²) < 4.78 is 5.24. The summed E-state index contributed by atoms with van der Waals surface area (Å²) in [6, 6.07) is 9.27. The van der Waals surface area contributed by atoms with Crippen molar-refractivity contribution >= 4 is 30.1 Å². The summed E-state index contributed by atoms with van der Waals surface area (Å²) in [5, 5.41) is 10.9. The van der Waals surface area contributed by atoms with Crippen LogP contribution >= 0.6 is 24.2 Å².